The molecule has 126 valence electrons. The van der Waals surface area contributed by atoms with Crippen LogP contribution in [-0.4, -0.2) is 27.5 Å². The zero-order valence-corrected chi connectivity index (χ0v) is 16.9. The molecule has 0 atom stereocenters. The van der Waals surface area contributed by atoms with Gasteiger partial charge in [-0.1, -0.05) is 44.0 Å². The lowest BCUT2D eigenvalue weighted by atomic mass is 10.1. The van der Waals surface area contributed by atoms with Gasteiger partial charge in [-0.05, 0) is 36.4 Å². The summed E-state index contributed by atoms with van der Waals surface area (Å²) in [6, 6.07) is 14.2. The van der Waals surface area contributed by atoms with E-state index in [2.05, 4.69) is 40.6 Å². The van der Waals surface area contributed by atoms with Gasteiger partial charge in [0.2, 0.25) is 0 Å². The molecule has 3 rings (SSSR count). The van der Waals surface area contributed by atoms with Gasteiger partial charge < -0.3 is 0 Å². The molecule has 0 radical (unpaired) electrons. The number of likely N-dealkylation sites (N-methyl/N-ethyl adjacent to an activating group) is 1. The van der Waals surface area contributed by atoms with Crippen molar-refractivity contribution in [2.75, 3.05) is 11.9 Å². The highest BCUT2D eigenvalue weighted by atomic mass is 79.9. The Labute approximate surface area is 165 Å². The van der Waals surface area contributed by atoms with E-state index in [9.17, 15) is 9.59 Å². The second kappa shape index (κ2) is 7.55. The summed E-state index contributed by atoms with van der Waals surface area (Å²) in [5, 5.41) is 0. The number of anilines is 1. The molecule has 25 heavy (non-hydrogen) atoms. The molecule has 0 fully saturated rings. The maximum Gasteiger partial charge on any atom is 0.300 e. The van der Waals surface area contributed by atoms with Crippen LogP contribution in [0.5, 0.6) is 0 Å². The summed E-state index contributed by atoms with van der Waals surface area (Å²) >= 11 is 7.69. The lowest BCUT2D eigenvalue weighted by molar-refractivity contribution is -0.114. The first-order chi connectivity index (χ1) is 12.0. The van der Waals surface area contributed by atoms with Crippen molar-refractivity contribution in [1.29, 1.82) is 0 Å². The molecule has 0 saturated carbocycles. The minimum Gasteiger partial charge on any atom is -0.290 e. The van der Waals surface area contributed by atoms with Gasteiger partial charge in [-0.25, -0.2) is 0 Å². The number of carbonyl (C=O) groups is 2. The van der Waals surface area contributed by atoms with Crippen molar-refractivity contribution in [2.45, 2.75) is 0 Å². The second-order valence-electron chi connectivity index (χ2n) is 5.14. The van der Waals surface area contributed by atoms with Crippen molar-refractivity contribution in [3.05, 3.63) is 63.0 Å². The van der Waals surface area contributed by atoms with Crippen molar-refractivity contribution < 1.29 is 9.59 Å². The van der Waals surface area contributed by atoms with Gasteiger partial charge in [0, 0.05) is 27.1 Å². The summed E-state index contributed by atoms with van der Waals surface area (Å²) in [4.78, 5) is 26.2. The summed E-state index contributed by atoms with van der Waals surface area (Å²) in [6.45, 7) is 0. The van der Waals surface area contributed by atoms with Crippen LogP contribution in [0.25, 0.3) is 11.3 Å². The van der Waals surface area contributed by atoms with E-state index < -0.39 is 11.7 Å². The molecule has 0 saturated heterocycles. The molecule has 8 heteroatoms. The Morgan fingerprint density at radius 3 is 2.08 bits per heavy atom. The summed E-state index contributed by atoms with van der Waals surface area (Å²) in [6.07, 6.45) is 0. The summed E-state index contributed by atoms with van der Waals surface area (Å²) in [5.74, 6) is -0.888. The summed E-state index contributed by atoms with van der Waals surface area (Å²) < 4.78 is 10.2. The maximum atomic E-state index is 12.6. The van der Waals surface area contributed by atoms with Crippen LogP contribution < -0.4 is 4.90 Å². The smallest absolute Gasteiger partial charge is 0.290 e. The molecule has 0 aliphatic heterocycles. The van der Waals surface area contributed by atoms with Gasteiger partial charge in [0.05, 0.1) is 11.7 Å². The molecule has 0 aliphatic rings. The SMILES string of the molecule is CN(C(=O)C(=O)c1ccc(Br)cc1)c1nsnc1-c1ccc(Br)cc1. The Balaban J connectivity index is 1.88. The van der Waals surface area contributed by atoms with Crippen LogP contribution in [0.1, 0.15) is 10.4 Å². The third-order valence-corrected chi connectivity index (χ3v) is 5.09. The monoisotopic (exact) mass is 479 g/mol. The molecule has 1 heterocycles. The molecule has 5 nitrogen and oxygen atoms in total. The van der Waals surface area contributed by atoms with Gasteiger partial charge in [-0.15, -0.1) is 0 Å². The molecular weight excluding hydrogens is 470 g/mol. The first kappa shape index (κ1) is 17.9. The Hall–Kier alpha value is -1.90. The van der Waals surface area contributed by atoms with Gasteiger partial charge in [-0.2, -0.15) is 8.75 Å². The highest BCUT2D eigenvalue weighted by Crippen LogP contribution is 2.29. The van der Waals surface area contributed by atoms with Crippen LogP contribution in [0, 0.1) is 0 Å². The molecule has 0 unspecified atom stereocenters. The Bertz CT molecular complexity index is 924. The van der Waals surface area contributed by atoms with Crippen molar-refractivity contribution >= 4 is 61.1 Å². The topological polar surface area (TPSA) is 63.2 Å². The predicted octanol–water partition coefficient (Wildman–Crippen LogP) is 4.58. The number of hydrogen-bond donors (Lipinski definition) is 0. The molecule has 1 amide bonds. The number of aromatic nitrogens is 2. The number of hydrogen-bond acceptors (Lipinski definition) is 5. The van der Waals surface area contributed by atoms with Crippen LogP contribution >= 0.6 is 43.6 Å². The van der Waals surface area contributed by atoms with Gasteiger partial charge in [-0.3, -0.25) is 14.5 Å². The van der Waals surface area contributed by atoms with Crippen LogP contribution in [0.3, 0.4) is 0 Å². The van der Waals surface area contributed by atoms with Gasteiger partial charge in [0.1, 0.15) is 5.69 Å². The number of ketones is 1. The fourth-order valence-electron chi connectivity index (χ4n) is 2.17. The van der Waals surface area contributed by atoms with E-state index in [1.165, 1.54) is 11.9 Å². The summed E-state index contributed by atoms with van der Waals surface area (Å²) in [7, 11) is 1.53. The molecular formula is C17H11Br2N3O2S. The van der Waals surface area contributed by atoms with E-state index in [-0.39, 0.29) is 0 Å². The number of carbonyl (C=O) groups excluding carboxylic acids is 2. The molecule has 3 aromatic rings. The Morgan fingerprint density at radius 1 is 0.920 bits per heavy atom. The zero-order chi connectivity index (χ0) is 18.0. The quantitative estimate of drug-likeness (QED) is 0.405. The van der Waals surface area contributed by atoms with E-state index in [4.69, 9.17) is 0 Å². The third-order valence-electron chi connectivity index (χ3n) is 3.51. The van der Waals surface area contributed by atoms with E-state index in [0.29, 0.717) is 17.1 Å². The number of amides is 1. The maximum absolute atomic E-state index is 12.6. The van der Waals surface area contributed by atoms with Gasteiger partial charge in [0.15, 0.2) is 5.82 Å². The fraction of sp³-hybridized carbons (Fsp3) is 0.0588. The average Bonchev–Trinajstić information content (AvgIpc) is 3.11. The zero-order valence-electron chi connectivity index (χ0n) is 12.9. The molecule has 2 aromatic carbocycles. The van der Waals surface area contributed by atoms with E-state index in [1.54, 1.807) is 24.3 Å². The normalized spacial score (nSPS) is 10.5. The first-order valence-electron chi connectivity index (χ1n) is 7.14. The third kappa shape index (κ3) is 3.86. The predicted molar refractivity (Wildman–Crippen MR) is 105 cm³/mol. The van der Waals surface area contributed by atoms with Crippen molar-refractivity contribution in [3.63, 3.8) is 0 Å². The van der Waals surface area contributed by atoms with Crippen LogP contribution in [0.4, 0.5) is 5.82 Å². The van der Waals surface area contributed by atoms with Crippen LogP contribution in [0.2, 0.25) is 0 Å². The Kier molecular flexibility index (Phi) is 5.41. The lowest BCUT2D eigenvalue weighted by Gasteiger charge is -2.15. The molecule has 0 aliphatic carbocycles. The van der Waals surface area contributed by atoms with E-state index in [0.717, 1.165) is 26.2 Å². The number of halogens is 2. The number of rotatable bonds is 4. The lowest BCUT2D eigenvalue weighted by Crippen LogP contribution is -2.33. The molecule has 1 aromatic heterocycles. The van der Waals surface area contributed by atoms with Crippen molar-refractivity contribution in [3.8, 4) is 11.3 Å². The number of benzene rings is 2. The van der Waals surface area contributed by atoms with Gasteiger partial charge >= 0.3 is 0 Å². The molecule has 0 N–H and O–H groups in total. The summed E-state index contributed by atoms with van der Waals surface area (Å²) in [5.41, 5.74) is 1.72. The van der Waals surface area contributed by atoms with Crippen molar-refractivity contribution in [1.82, 2.24) is 8.75 Å². The highest BCUT2D eigenvalue weighted by molar-refractivity contribution is 9.10. The molecule has 0 spiro atoms. The fourth-order valence-corrected chi connectivity index (χ4v) is 3.29. The van der Waals surface area contributed by atoms with E-state index >= 15 is 0 Å². The average molecular weight is 481 g/mol. The van der Waals surface area contributed by atoms with E-state index in [1.807, 2.05) is 24.3 Å². The highest BCUT2D eigenvalue weighted by Gasteiger charge is 2.26. The number of Topliss-reactive ketones (excluding diaryl/α,β-unsaturated/α-hetero) is 1. The Morgan fingerprint density at radius 2 is 1.48 bits per heavy atom. The minimum atomic E-state index is -0.659. The largest absolute Gasteiger partial charge is 0.300 e. The second-order valence-corrected chi connectivity index (χ2v) is 7.50. The first-order valence-corrected chi connectivity index (χ1v) is 9.45. The minimum absolute atomic E-state index is 0.327. The van der Waals surface area contributed by atoms with Crippen LogP contribution in [-0.2, 0) is 4.79 Å². The van der Waals surface area contributed by atoms with Crippen LogP contribution in [0.15, 0.2) is 57.5 Å². The van der Waals surface area contributed by atoms with Gasteiger partial charge in [0.25, 0.3) is 11.7 Å². The number of nitrogens with zero attached hydrogens (tertiary/aromatic N) is 3. The van der Waals surface area contributed by atoms with Crippen molar-refractivity contribution in [2.24, 2.45) is 0 Å². The standard InChI is InChI=1S/C17H11Br2N3O2S/c1-22(17(24)15(23)11-4-8-13(19)9-5-11)16-14(20-25-21-16)10-2-6-12(18)7-3-10/h2-9H,1H3. The molecule has 0 bridgehead atoms.